The topological polar surface area (TPSA) is 96.0 Å². The van der Waals surface area contributed by atoms with Crippen LogP contribution in [-0.4, -0.2) is 50.4 Å². The second-order valence-electron chi connectivity index (χ2n) is 10.5. The molecule has 0 saturated carbocycles. The predicted octanol–water partition coefficient (Wildman–Crippen LogP) is 5.92. The predicted molar refractivity (Wildman–Crippen MR) is 163 cm³/mol. The second-order valence-corrected chi connectivity index (χ2v) is 13.1. The van der Waals surface area contributed by atoms with Crippen LogP contribution >= 0.6 is 23.2 Å². The molecule has 0 bridgehead atoms. The normalized spacial score (nSPS) is 12.4. The Hall–Kier alpha value is -3.27. The van der Waals surface area contributed by atoms with Gasteiger partial charge in [-0.15, -0.1) is 0 Å². The van der Waals surface area contributed by atoms with Crippen molar-refractivity contribution in [1.82, 2.24) is 10.2 Å². The summed E-state index contributed by atoms with van der Waals surface area (Å²) in [5.41, 5.74) is 0.357. The third kappa shape index (κ3) is 8.38. The van der Waals surface area contributed by atoms with Gasteiger partial charge in [-0.1, -0.05) is 54.4 Å². The van der Waals surface area contributed by atoms with Crippen LogP contribution in [0, 0.1) is 0 Å². The molecule has 3 aromatic rings. The zero-order valence-electron chi connectivity index (χ0n) is 23.7. The highest BCUT2D eigenvalue weighted by Crippen LogP contribution is 2.28. The Morgan fingerprint density at radius 2 is 1.59 bits per heavy atom. The Kier molecular flexibility index (Phi) is 10.7. The van der Waals surface area contributed by atoms with E-state index in [1.54, 1.807) is 67.6 Å². The first-order chi connectivity index (χ1) is 19.3. The van der Waals surface area contributed by atoms with Crippen molar-refractivity contribution < 1.29 is 22.7 Å². The molecule has 41 heavy (non-hydrogen) atoms. The smallest absolute Gasteiger partial charge is 0.264 e. The maximum absolute atomic E-state index is 14.1. The molecule has 0 aliphatic carbocycles. The highest BCUT2D eigenvalue weighted by molar-refractivity contribution is 7.92. The molecule has 0 radical (unpaired) electrons. The summed E-state index contributed by atoms with van der Waals surface area (Å²) in [6.07, 6.45) is 0.295. The fourth-order valence-electron chi connectivity index (χ4n) is 4.20. The summed E-state index contributed by atoms with van der Waals surface area (Å²) >= 11 is 12.3. The van der Waals surface area contributed by atoms with Crippen LogP contribution < -0.4 is 14.4 Å². The molecule has 0 aliphatic heterocycles. The standard InChI is InChI=1S/C30H35Cl2N3O5S/c1-6-27(29(37)33-30(2,3)4)34(19-21-12-17-25(31)26(32)18-21)28(36)20-35(22-13-15-23(40-5)16-14-22)41(38,39)24-10-8-7-9-11-24/h7-18,27H,6,19-20H2,1-5H3,(H,33,37)/t27-/m1/s1. The van der Waals surface area contributed by atoms with E-state index in [2.05, 4.69) is 5.32 Å². The molecule has 11 heteroatoms. The molecule has 3 rings (SSSR count). The Labute approximate surface area is 252 Å². The number of hydrogen-bond donors (Lipinski definition) is 1. The van der Waals surface area contributed by atoms with Gasteiger partial charge in [-0.25, -0.2) is 8.42 Å². The largest absolute Gasteiger partial charge is 0.497 e. The van der Waals surface area contributed by atoms with Crippen LogP contribution in [0.2, 0.25) is 10.0 Å². The van der Waals surface area contributed by atoms with Gasteiger partial charge in [0.1, 0.15) is 18.3 Å². The Morgan fingerprint density at radius 1 is 0.951 bits per heavy atom. The summed E-state index contributed by atoms with van der Waals surface area (Å²) in [5, 5.41) is 3.59. The lowest BCUT2D eigenvalue weighted by Crippen LogP contribution is -2.55. The minimum Gasteiger partial charge on any atom is -0.497 e. The Bertz CT molecular complexity index is 1460. The number of sulfonamides is 1. The molecule has 0 fully saturated rings. The molecule has 0 heterocycles. The molecular weight excluding hydrogens is 585 g/mol. The molecule has 0 saturated heterocycles. The number of nitrogens with zero attached hydrogens (tertiary/aromatic N) is 2. The van der Waals surface area contributed by atoms with Crippen LogP contribution in [0.3, 0.4) is 0 Å². The molecular formula is C30H35Cl2N3O5S. The van der Waals surface area contributed by atoms with Gasteiger partial charge in [0.25, 0.3) is 10.0 Å². The molecule has 8 nitrogen and oxygen atoms in total. The van der Waals surface area contributed by atoms with Crippen LogP contribution in [-0.2, 0) is 26.2 Å². The first kappa shape index (κ1) is 32.2. The van der Waals surface area contributed by atoms with Gasteiger partial charge in [-0.3, -0.25) is 13.9 Å². The first-order valence-corrected chi connectivity index (χ1v) is 15.2. The van der Waals surface area contributed by atoms with E-state index in [9.17, 15) is 18.0 Å². The van der Waals surface area contributed by atoms with E-state index in [-0.39, 0.29) is 23.0 Å². The molecule has 0 spiro atoms. The Morgan fingerprint density at radius 3 is 2.12 bits per heavy atom. The van der Waals surface area contributed by atoms with Crippen molar-refractivity contribution in [1.29, 1.82) is 0 Å². The van der Waals surface area contributed by atoms with Crippen molar-refractivity contribution in [3.05, 3.63) is 88.4 Å². The van der Waals surface area contributed by atoms with Crippen LogP contribution in [0.15, 0.2) is 77.7 Å². The quantitative estimate of drug-likeness (QED) is 0.287. The van der Waals surface area contributed by atoms with E-state index in [0.29, 0.717) is 27.8 Å². The number of amides is 2. The highest BCUT2D eigenvalue weighted by atomic mass is 35.5. The number of halogens is 2. The van der Waals surface area contributed by atoms with Crippen LogP contribution in [0.5, 0.6) is 5.75 Å². The van der Waals surface area contributed by atoms with Gasteiger partial charge in [-0.2, -0.15) is 0 Å². The van der Waals surface area contributed by atoms with Gasteiger partial charge >= 0.3 is 0 Å². The van der Waals surface area contributed by atoms with Gasteiger partial charge < -0.3 is 15.0 Å². The highest BCUT2D eigenvalue weighted by Gasteiger charge is 2.34. The molecule has 0 aliphatic rings. The van der Waals surface area contributed by atoms with E-state index in [0.717, 1.165) is 4.31 Å². The van der Waals surface area contributed by atoms with Gasteiger partial charge in [0.05, 0.1) is 27.7 Å². The fraction of sp³-hybridized carbons (Fsp3) is 0.333. The summed E-state index contributed by atoms with van der Waals surface area (Å²) in [6, 6.07) is 18.3. The van der Waals surface area contributed by atoms with Crippen molar-refractivity contribution in [3.8, 4) is 5.75 Å². The maximum atomic E-state index is 14.1. The number of hydrogen-bond acceptors (Lipinski definition) is 5. The third-order valence-corrected chi connectivity index (χ3v) is 8.72. The van der Waals surface area contributed by atoms with E-state index in [4.69, 9.17) is 27.9 Å². The molecule has 220 valence electrons. The average Bonchev–Trinajstić information content (AvgIpc) is 2.93. The van der Waals surface area contributed by atoms with Crippen LogP contribution in [0.25, 0.3) is 0 Å². The lowest BCUT2D eigenvalue weighted by atomic mass is 10.1. The number of methoxy groups -OCH3 is 1. The number of anilines is 1. The first-order valence-electron chi connectivity index (χ1n) is 13.0. The molecule has 0 aromatic heterocycles. The third-order valence-electron chi connectivity index (χ3n) is 6.19. The average molecular weight is 621 g/mol. The van der Waals surface area contributed by atoms with E-state index in [1.807, 2.05) is 20.8 Å². The van der Waals surface area contributed by atoms with E-state index < -0.39 is 34.1 Å². The van der Waals surface area contributed by atoms with E-state index >= 15 is 0 Å². The summed E-state index contributed by atoms with van der Waals surface area (Å²) in [7, 11) is -2.66. The summed E-state index contributed by atoms with van der Waals surface area (Å²) < 4.78 is 34.0. The Balaban J connectivity index is 2.08. The molecule has 1 atom stereocenters. The van der Waals surface area contributed by atoms with Gasteiger partial charge in [-0.05, 0) is 81.3 Å². The van der Waals surface area contributed by atoms with Crippen molar-refractivity contribution >= 4 is 50.7 Å². The van der Waals surface area contributed by atoms with Crippen LogP contribution in [0.4, 0.5) is 5.69 Å². The van der Waals surface area contributed by atoms with Crippen LogP contribution in [0.1, 0.15) is 39.7 Å². The van der Waals surface area contributed by atoms with Crippen molar-refractivity contribution in [2.24, 2.45) is 0 Å². The summed E-state index contributed by atoms with van der Waals surface area (Å²) in [5.74, 6) is -0.388. The van der Waals surface area contributed by atoms with Crippen molar-refractivity contribution in [2.75, 3.05) is 18.0 Å². The summed E-state index contributed by atoms with van der Waals surface area (Å²) in [6.45, 7) is 6.80. The number of carbonyl (C=O) groups is 2. The zero-order valence-corrected chi connectivity index (χ0v) is 26.1. The summed E-state index contributed by atoms with van der Waals surface area (Å²) in [4.78, 5) is 28.9. The van der Waals surface area contributed by atoms with Crippen molar-refractivity contribution in [3.63, 3.8) is 0 Å². The number of benzene rings is 3. The SMILES string of the molecule is CC[C@H](C(=O)NC(C)(C)C)N(Cc1ccc(Cl)c(Cl)c1)C(=O)CN(c1ccc(OC)cc1)S(=O)(=O)c1ccccc1. The van der Waals surface area contributed by atoms with Crippen molar-refractivity contribution in [2.45, 2.75) is 57.1 Å². The zero-order chi connectivity index (χ0) is 30.4. The lowest BCUT2D eigenvalue weighted by Gasteiger charge is -2.34. The minimum absolute atomic E-state index is 0.00757. The number of rotatable bonds is 11. The molecule has 2 amide bonds. The number of carbonyl (C=O) groups excluding carboxylic acids is 2. The minimum atomic E-state index is -4.16. The second kappa shape index (κ2) is 13.6. The van der Waals surface area contributed by atoms with Gasteiger partial charge in [0.15, 0.2) is 0 Å². The fourth-order valence-corrected chi connectivity index (χ4v) is 5.96. The monoisotopic (exact) mass is 619 g/mol. The maximum Gasteiger partial charge on any atom is 0.264 e. The number of ether oxygens (including phenoxy) is 1. The molecule has 0 unspecified atom stereocenters. The van der Waals surface area contributed by atoms with E-state index in [1.165, 1.54) is 24.1 Å². The van der Waals surface area contributed by atoms with Gasteiger partial charge in [0.2, 0.25) is 11.8 Å². The van der Waals surface area contributed by atoms with Gasteiger partial charge in [0, 0.05) is 12.1 Å². The molecule has 1 N–H and O–H groups in total. The number of nitrogens with one attached hydrogen (secondary N) is 1. The lowest BCUT2D eigenvalue weighted by molar-refractivity contribution is -0.141. The molecule has 3 aromatic carbocycles.